The van der Waals surface area contributed by atoms with E-state index in [1.54, 1.807) is 12.1 Å². The minimum Gasteiger partial charge on any atom is -0.433 e. The lowest BCUT2D eigenvalue weighted by Crippen LogP contribution is -2.30. The Hall–Kier alpha value is -6.60. The number of benzene rings is 3. The Morgan fingerprint density at radius 3 is 2.10 bits per heavy atom. The normalized spacial score (nSPS) is 16.6. The highest BCUT2D eigenvalue weighted by atomic mass is 16.7. The van der Waals surface area contributed by atoms with Gasteiger partial charge >= 0.3 is 11.8 Å². The van der Waals surface area contributed by atoms with Crippen LogP contribution in [0.5, 0.6) is 0 Å². The van der Waals surface area contributed by atoms with E-state index in [0.29, 0.717) is 5.56 Å². The second-order valence-electron chi connectivity index (χ2n) is 11.5. The van der Waals surface area contributed by atoms with E-state index in [1.165, 1.54) is 72.9 Å². The topological polar surface area (TPSA) is 258 Å². The zero-order valence-electron chi connectivity index (χ0n) is 27.0. The van der Waals surface area contributed by atoms with Crippen molar-refractivity contribution >= 4 is 34.9 Å². The number of aryl methyl sites for hydroxylation is 1. The molecule has 0 spiro atoms. The van der Waals surface area contributed by atoms with Crippen molar-refractivity contribution in [1.29, 1.82) is 0 Å². The van der Waals surface area contributed by atoms with Crippen molar-refractivity contribution in [1.82, 2.24) is 9.55 Å². The molecule has 0 unspecified atom stereocenters. The van der Waals surface area contributed by atoms with Crippen molar-refractivity contribution in [2.75, 3.05) is 18.5 Å². The summed E-state index contributed by atoms with van der Waals surface area (Å²) in [5, 5.41) is 47.4. The highest BCUT2D eigenvalue weighted by Gasteiger charge is 2.37. The molecule has 19 heteroatoms. The lowest BCUT2D eigenvalue weighted by molar-refractivity contribution is -0.386. The molecule has 270 valence electrons. The molecule has 1 aliphatic rings. The lowest BCUT2D eigenvalue weighted by Gasteiger charge is -2.19. The predicted molar refractivity (Wildman–Crippen MR) is 178 cm³/mol. The number of rotatable bonds is 14. The van der Waals surface area contributed by atoms with Crippen LogP contribution in [0.15, 0.2) is 89.9 Å². The number of ether oxygens (including phenoxy) is 3. The first-order valence-electron chi connectivity index (χ1n) is 15.6. The summed E-state index contributed by atoms with van der Waals surface area (Å²) < 4.78 is 17.2. The van der Waals surface area contributed by atoms with Crippen LogP contribution in [0.4, 0.5) is 27.7 Å². The van der Waals surface area contributed by atoms with Gasteiger partial charge in [0.1, 0.15) is 31.4 Å². The van der Waals surface area contributed by atoms with E-state index in [0.717, 1.165) is 4.57 Å². The molecule has 1 saturated heterocycles. The first kappa shape index (κ1) is 36.7. The minimum absolute atomic E-state index is 0.0175. The quantitative estimate of drug-likeness (QED) is 0.105. The SMILES string of the molecule is O=C(CCc1ccc([N+](=O)[O-])cc1)Nc1ccn([C@H]2C[C@H](O)[C@@H](COC(=O)OCC(c3ccccc3[N+](=O)[O-])c3ccccc3[N+](=O)[O-])O2)c(=O)n1. The van der Waals surface area contributed by atoms with Gasteiger partial charge in [0.05, 0.1) is 26.8 Å². The fourth-order valence-electron chi connectivity index (χ4n) is 5.57. The summed E-state index contributed by atoms with van der Waals surface area (Å²) in [7, 11) is 0. The van der Waals surface area contributed by atoms with Gasteiger partial charge in [-0.25, -0.2) is 9.59 Å². The van der Waals surface area contributed by atoms with E-state index in [4.69, 9.17) is 14.2 Å². The number of hydrogen-bond donors (Lipinski definition) is 2. The van der Waals surface area contributed by atoms with E-state index in [9.17, 15) is 49.8 Å². The number of aromatic nitrogens is 2. The van der Waals surface area contributed by atoms with Crippen molar-refractivity contribution < 1.29 is 43.7 Å². The maximum atomic E-state index is 12.8. The number of hydrogen-bond acceptors (Lipinski definition) is 14. The predicted octanol–water partition coefficient (Wildman–Crippen LogP) is 4.17. The van der Waals surface area contributed by atoms with Crippen molar-refractivity contribution in [2.24, 2.45) is 0 Å². The van der Waals surface area contributed by atoms with Crippen molar-refractivity contribution in [3.63, 3.8) is 0 Å². The smallest absolute Gasteiger partial charge is 0.433 e. The van der Waals surface area contributed by atoms with Crippen LogP contribution in [0, 0.1) is 30.3 Å². The zero-order chi connectivity index (χ0) is 37.4. The highest BCUT2D eigenvalue weighted by Crippen LogP contribution is 2.36. The molecule has 4 aromatic rings. The number of aliphatic hydroxyl groups is 1. The molecular formula is C33H30N6O13. The number of para-hydroxylation sites is 2. The standard InChI is InChI=1S/C33H30N6O13/c40-27-17-31(36-16-15-29(35-32(36)42)34-30(41)14-11-20-9-12-21(13-10-20)37(44)45)52-28(27)19-51-33(43)50-18-24(22-5-1-3-7-25(22)38(46)47)23-6-2-4-8-26(23)39(48)49/h1-10,12-13,15-16,24,27-28,31,40H,11,14,17-19H2,(H,34,35,41,42)/t27-,28+,31+/m0/s1. The van der Waals surface area contributed by atoms with Crippen LogP contribution in [-0.4, -0.2) is 66.9 Å². The molecule has 0 radical (unpaired) electrons. The van der Waals surface area contributed by atoms with E-state index >= 15 is 0 Å². The van der Waals surface area contributed by atoms with Crippen LogP contribution in [-0.2, 0) is 25.4 Å². The summed E-state index contributed by atoms with van der Waals surface area (Å²) in [6.45, 7) is -1.07. The van der Waals surface area contributed by atoms with Crippen LogP contribution in [0.3, 0.4) is 0 Å². The molecule has 3 atom stereocenters. The third-order valence-corrected chi connectivity index (χ3v) is 8.15. The number of nitrogens with one attached hydrogen (secondary N) is 1. The third-order valence-electron chi connectivity index (χ3n) is 8.15. The van der Waals surface area contributed by atoms with Gasteiger partial charge in [-0.05, 0) is 18.1 Å². The molecule has 52 heavy (non-hydrogen) atoms. The van der Waals surface area contributed by atoms with Crippen LogP contribution in [0.2, 0.25) is 0 Å². The molecule has 5 rings (SSSR count). The van der Waals surface area contributed by atoms with Crippen LogP contribution in [0.25, 0.3) is 0 Å². The molecule has 1 aromatic heterocycles. The largest absolute Gasteiger partial charge is 0.508 e. The molecule has 3 aromatic carbocycles. The average molecular weight is 719 g/mol. The van der Waals surface area contributed by atoms with Gasteiger partial charge in [0.25, 0.3) is 17.1 Å². The first-order valence-corrected chi connectivity index (χ1v) is 15.6. The number of nitrogens with zero attached hydrogens (tertiary/aromatic N) is 5. The Morgan fingerprint density at radius 1 is 0.904 bits per heavy atom. The van der Waals surface area contributed by atoms with Crippen LogP contribution in [0.1, 0.15) is 41.7 Å². The second kappa shape index (κ2) is 16.4. The number of carbonyl (C=O) groups excluding carboxylic acids is 2. The maximum Gasteiger partial charge on any atom is 0.508 e. The van der Waals surface area contributed by atoms with Gasteiger partial charge in [-0.1, -0.05) is 48.5 Å². The molecule has 0 bridgehead atoms. The van der Waals surface area contributed by atoms with Gasteiger partial charge < -0.3 is 24.6 Å². The van der Waals surface area contributed by atoms with Gasteiger partial charge in [0.15, 0.2) is 0 Å². The molecule has 0 saturated carbocycles. The molecule has 0 aliphatic carbocycles. The Balaban J connectivity index is 1.16. The third kappa shape index (κ3) is 8.94. The van der Waals surface area contributed by atoms with E-state index in [-0.39, 0.29) is 53.3 Å². The van der Waals surface area contributed by atoms with Crippen LogP contribution < -0.4 is 11.0 Å². The summed E-state index contributed by atoms with van der Waals surface area (Å²) in [4.78, 5) is 74.1. The molecule has 1 amide bonds. The number of non-ortho nitro benzene ring substituents is 1. The van der Waals surface area contributed by atoms with Crippen molar-refractivity contribution in [2.45, 2.75) is 43.6 Å². The molecular weight excluding hydrogens is 688 g/mol. The maximum absolute atomic E-state index is 12.8. The molecule has 2 N–H and O–H groups in total. The fourth-order valence-corrected chi connectivity index (χ4v) is 5.57. The fraction of sp³-hybridized carbons (Fsp3) is 0.273. The zero-order valence-corrected chi connectivity index (χ0v) is 27.0. The van der Waals surface area contributed by atoms with Crippen molar-refractivity contribution in [3.05, 3.63) is 143 Å². The molecule has 1 aliphatic heterocycles. The van der Waals surface area contributed by atoms with Gasteiger partial charge in [0.2, 0.25) is 5.91 Å². The second-order valence-corrected chi connectivity index (χ2v) is 11.5. The van der Waals surface area contributed by atoms with Crippen LogP contribution >= 0.6 is 0 Å². The number of aliphatic hydroxyl groups excluding tert-OH is 1. The summed E-state index contributed by atoms with van der Waals surface area (Å²) in [5.74, 6) is -1.60. The first-order chi connectivity index (χ1) is 24.9. The van der Waals surface area contributed by atoms with E-state index in [2.05, 4.69) is 10.3 Å². The Morgan fingerprint density at radius 2 is 1.52 bits per heavy atom. The minimum atomic E-state index is -1.24. The number of carbonyl (C=O) groups is 2. The molecule has 2 heterocycles. The summed E-state index contributed by atoms with van der Waals surface area (Å²) in [6, 6.07) is 18.2. The van der Waals surface area contributed by atoms with Gasteiger partial charge in [-0.2, -0.15) is 4.98 Å². The van der Waals surface area contributed by atoms with E-state index < -0.39 is 70.1 Å². The lowest BCUT2D eigenvalue weighted by atomic mass is 9.89. The Labute approximate surface area is 292 Å². The number of nitro benzene ring substituents is 3. The molecule has 1 fully saturated rings. The highest BCUT2D eigenvalue weighted by molar-refractivity contribution is 5.89. The Bertz CT molecular complexity index is 1980. The number of anilines is 1. The Kier molecular flexibility index (Phi) is 11.6. The summed E-state index contributed by atoms with van der Waals surface area (Å²) in [5.41, 5.74) is -0.709. The summed E-state index contributed by atoms with van der Waals surface area (Å²) in [6.07, 6.45) is -2.99. The number of nitro groups is 3. The summed E-state index contributed by atoms with van der Waals surface area (Å²) >= 11 is 0. The average Bonchev–Trinajstić information content (AvgIpc) is 3.49. The van der Waals surface area contributed by atoms with Gasteiger partial charge in [0, 0.05) is 54.4 Å². The molecule has 19 nitrogen and oxygen atoms in total. The monoisotopic (exact) mass is 718 g/mol. The van der Waals surface area contributed by atoms with Gasteiger partial charge in [-0.3, -0.25) is 39.7 Å². The number of amides is 1. The van der Waals surface area contributed by atoms with Gasteiger partial charge in [-0.15, -0.1) is 0 Å². The van der Waals surface area contributed by atoms with Crippen molar-refractivity contribution in [3.8, 4) is 0 Å². The van der Waals surface area contributed by atoms with E-state index in [1.807, 2.05) is 0 Å².